The Balaban J connectivity index is 4.48. The van der Waals surface area contributed by atoms with E-state index in [4.69, 9.17) is 18.5 Å². The maximum atomic E-state index is 12.7. The van der Waals surface area contributed by atoms with E-state index in [1.165, 1.54) is 44.9 Å². The highest BCUT2D eigenvalue weighted by Gasteiger charge is 2.27. The van der Waals surface area contributed by atoms with E-state index in [1.807, 2.05) is 21.1 Å². The number of quaternary nitrogens is 1. The Kier molecular flexibility index (Phi) is 37.7. The van der Waals surface area contributed by atoms with Crippen LogP contribution in [0, 0.1) is 0 Å². The highest BCUT2D eigenvalue weighted by atomic mass is 31.2. The van der Waals surface area contributed by atoms with E-state index in [1.54, 1.807) is 0 Å². The summed E-state index contributed by atoms with van der Waals surface area (Å²) in [5, 5.41) is 0. The number of esters is 2. The van der Waals surface area contributed by atoms with Gasteiger partial charge in [0.05, 0.1) is 27.7 Å². The molecule has 1 unspecified atom stereocenters. The molecule has 0 aliphatic heterocycles. The summed E-state index contributed by atoms with van der Waals surface area (Å²) < 4.78 is 34.2. The Labute approximate surface area is 354 Å². The molecule has 0 saturated carbocycles. The van der Waals surface area contributed by atoms with Gasteiger partial charge in [0.1, 0.15) is 19.8 Å². The molecule has 0 rings (SSSR count). The van der Waals surface area contributed by atoms with Gasteiger partial charge in [-0.3, -0.25) is 18.6 Å². The Hall–Kier alpha value is -2.81. The molecule has 9 nitrogen and oxygen atoms in total. The molecule has 0 radical (unpaired) electrons. The molecular weight excluding hydrogens is 750 g/mol. The van der Waals surface area contributed by atoms with Crippen molar-refractivity contribution in [2.75, 3.05) is 47.5 Å². The number of likely N-dealkylation sites (N-methyl/N-ethyl adjacent to an activating group) is 1. The van der Waals surface area contributed by atoms with Crippen LogP contribution in [0.4, 0.5) is 0 Å². The molecule has 0 spiro atoms. The van der Waals surface area contributed by atoms with Crippen LogP contribution in [0.5, 0.6) is 0 Å². The normalized spacial score (nSPS) is 14.4. The Bertz CT molecular complexity index is 1260. The first-order valence-corrected chi connectivity index (χ1v) is 23.8. The number of rotatable bonds is 39. The number of allylic oxidation sites excluding steroid dienone is 14. The summed E-state index contributed by atoms with van der Waals surface area (Å²) in [6.07, 6.45) is 50.6. The predicted molar refractivity (Wildman–Crippen MR) is 242 cm³/mol. The van der Waals surface area contributed by atoms with Crippen LogP contribution in [-0.4, -0.2) is 74.9 Å². The van der Waals surface area contributed by atoms with Crippen LogP contribution in [0.3, 0.4) is 0 Å². The van der Waals surface area contributed by atoms with Crippen molar-refractivity contribution in [3.63, 3.8) is 0 Å². The average molecular weight is 833 g/mol. The summed E-state index contributed by atoms with van der Waals surface area (Å²) in [5.74, 6) is -0.884. The smallest absolute Gasteiger partial charge is 0.462 e. The monoisotopic (exact) mass is 833 g/mol. The number of hydrogen-bond donors (Lipinski definition) is 1. The standard InChI is InChI=1S/C48H82NO8P/c1-6-8-10-12-14-16-18-20-22-24-26-28-30-32-34-36-38-40-47(50)54-44-46(45-56-58(52,53)55-43-42-49(3,4)5)57-48(51)41-39-37-35-33-31-29-27-25-23-21-19-17-15-13-11-9-7-2/h8,10,14-17,20-23,26,28,32,34,46H,6-7,9,11-13,18-19,24-25,27,29-31,33,35-45H2,1-5H3/p+1/b10-8-,16-14-,17-15-,22-20-,23-21-,28-26-,34-32-/t46-/m1/s1. The molecule has 58 heavy (non-hydrogen) atoms. The number of phosphoric ester groups is 1. The summed E-state index contributed by atoms with van der Waals surface area (Å²) in [5.41, 5.74) is 0. The molecule has 0 aliphatic rings. The van der Waals surface area contributed by atoms with E-state index in [9.17, 15) is 19.0 Å². The third-order valence-corrected chi connectivity index (χ3v) is 9.89. The number of nitrogens with zero attached hydrogens (tertiary/aromatic N) is 1. The molecule has 0 heterocycles. The zero-order chi connectivity index (χ0) is 42.8. The van der Waals surface area contributed by atoms with Gasteiger partial charge < -0.3 is 18.9 Å². The molecule has 0 aromatic heterocycles. The second kappa shape index (κ2) is 39.6. The SMILES string of the molecule is CC/C=C\C/C=C\C/C=C\C/C=C\C/C=C\CCCC(=O)OC[C@H](COP(=O)(O)OCC[N+](C)(C)C)OC(=O)CCCCCCCCC/C=C\C/C=C\CCCCC. The molecule has 0 saturated heterocycles. The predicted octanol–water partition coefficient (Wildman–Crippen LogP) is 12.8. The van der Waals surface area contributed by atoms with E-state index in [0.29, 0.717) is 23.9 Å². The first-order valence-electron chi connectivity index (χ1n) is 22.3. The second-order valence-electron chi connectivity index (χ2n) is 15.7. The van der Waals surface area contributed by atoms with Gasteiger partial charge in [0.2, 0.25) is 0 Å². The van der Waals surface area contributed by atoms with E-state index in [-0.39, 0.29) is 26.1 Å². The fourth-order valence-corrected chi connectivity index (χ4v) is 6.17. The van der Waals surface area contributed by atoms with Gasteiger partial charge in [-0.25, -0.2) is 4.57 Å². The van der Waals surface area contributed by atoms with Gasteiger partial charge in [-0.05, 0) is 83.5 Å². The summed E-state index contributed by atoms with van der Waals surface area (Å²) in [7, 11) is 1.43. The molecule has 332 valence electrons. The van der Waals surface area contributed by atoms with Crippen LogP contribution in [0.25, 0.3) is 0 Å². The summed E-state index contributed by atoms with van der Waals surface area (Å²) >= 11 is 0. The van der Waals surface area contributed by atoms with Crippen molar-refractivity contribution in [1.82, 2.24) is 0 Å². The third-order valence-electron chi connectivity index (χ3n) is 8.91. The zero-order valence-corrected chi connectivity index (χ0v) is 38.1. The van der Waals surface area contributed by atoms with Gasteiger partial charge in [-0.2, -0.15) is 0 Å². The highest BCUT2D eigenvalue weighted by Crippen LogP contribution is 2.43. The zero-order valence-electron chi connectivity index (χ0n) is 37.2. The van der Waals surface area contributed by atoms with Crippen molar-refractivity contribution < 1.29 is 42.1 Å². The molecule has 0 fully saturated rings. The van der Waals surface area contributed by atoms with Gasteiger partial charge in [0, 0.05) is 12.8 Å². The molecule has 0 bridgehead atoms. The largest absolute Gasteiger partial charge is 0.472 e. The minimum Gasteiger partial charge on any atom is -0.462 e. The topological polar surface area (TPSA) is 108 Å². The maximum Gasteiger partial charge on any atom is 0.472 e. The Morgan fingerprint density at radius 1 is 0.552 bits per heavy atom. The molecular formula is C48H83NO8P+. The Morgan fingerprint density at radius 2 is 1.00 bits per heavy atom. The number of hydrogen-bond acceptors (Lipinski definition) is 7. The van der Waals surface area contributed by atoms with Gasteiger partial charge in [0.25, 0.3) is 0 Å². The third kappa shape index (κ3) is 42.8. The van der Waals surface area contributed by atoms with Crippen molar-refractivity contribution in [2.45, 2.75) is 161 Å². The highest BCUT2D eigenvalue weighted by molar-refractivity contribution is 7.47. The first-order chi connectivity index (χ1) is 28.0. The van der Waals surface area contributed by atoms with E-state index < -0.39 is 32.5 Å². The molecule has 0 aromatic rings. The minimum atomic E-state index is -4.40. The van der Waals surface area contributed by atoms with Crippen LogP contribution in [0.2, 0.25) is 0 Å². The van der Waals surface area contributed by atoms with Crippen LogP contribution in [0.1, 0.15) is 155 Å². The summed E-state index contributed by atoms with van der Waals surface area (Å²) in [6.45, 7) is 4.19. The van der Waals surface area contributed by atoms with Gasteiger partial charge in [0.15, 0.2) is 6.10 Å². The van der Waals surface area contributed by atoms with Crippen LogP contribution in [-0.2, 0) is 32.7 Å². The summed E-state index contributed by atoms with van der Waals surface area (Å²) in [4.78, 5) is 35.4. The number of ether oxygens (including phenoxy) is 2. The lowest BCUT2D eigenvalue weighted by molar-refractivity contribution is -0.870. The minimum absolute atomic E-state index is 0.0166. The van der Waals surface area contributed by atoms with Crippen molar-refractivity contribution in [2.24, 2.45) is 0 Å². The van der Waals surface area contributed by atoms with Crippen molar-refractivity contribution in [3.8, 4) is 0 Å². The fourth-order valence-electron chi connectivity index (χ4n) is 5.43. The van der Waals surface area contributed by atoms with Gasteiger partial charge >= 0.3 is 19.8 Å². The molecule has 0 aromatic carbocycles. The quantitative estimate of drug-likeness (QED) is 0.0214. The van der Waals surface area contributed by atoms with E-state index in [0.717, 1.165) is 70.6 Å². The lowest BCUT2D eigenvalue weighted by Crippen LogP contribution is -2.37. The number of carbonyl (C=O) groups is 2. The van der Waals surface area contributed by atoms with Crippen LogP contribution in [0.15, 0.2) is 85.1 Å². The number of carbonyl (C=O) groups excluding carboxylic acids is 2. The number of phosphoric acid groups is 1. The Morgan fingerprint density at radius 3 is 1.52 bits per heavy atom. The van der Waals surface area contributed by atoms with Crippen molar-refractivity contribution >= 4 is 19.8 Å². The number of unbranched alkanes of at least 4 members (excludes halogenated alkanes) is 11. The van der Waals surface area contributed by atoms with Crippen molar-refractivity contribution in [3.05, 3.63) is 85.1 Å². The van der Waals surface area contributed by atoms with Crippen LogP contribution >= 0.6 is 7.82 Å². The molecule has 0 amide bonds. The van der Waals surface area contributed by atoms with E-state index >= 15 is 0 Å². The van der Waals surface area contributed by atoms with Crippen LogP contribution < -0.4 is 0 Å². The first kappa shape index (κ1) is 55.2. The lowest BCUT2D eigenvalue weighted by Gasteiger charge is -2.24. The summed E-state index contributed by atoms with van der Waals surface area (Å²) in [6, 6.07) is 0. The molecule has 2 atom stereocenters. The van der Waals surface area contributed by atoms with Gasteiger partial charge in [-0.15, -0.1) is 0 Å². The molecule has 10 heteroatoms. The molecule has 0 aliphatic carbocycles. The maximum absolute atomic E-state index is 12.7. The lowest BCUT2D eigenvalue weighted by atomic mass is 10.1. The fraction of sp³-hybridized carbons (Fsp3) is 0.667. The van der Waals surface area contributed by atoms with Crippen molar-refractivity contribution in [1.29, 1.82) is 0 Å². The van der Waals surface area contributed by atoms with Gasteiger partial charge in [-0.1, -0.05) is 144 Å². The molecule has 1 N–H and O–H groups in total. The second-order valence-corrected chi connectivity index (χ2v) is 17.1. The van der Waals surface area contributed by atoms with E-state index in [2.05, 4.69) is 98.9 Å². The average Bonchev–Trinajstić information content (AvgIpc) is 3.17.